The maximum atomic E-state index is 13.1. The molecule has 1 aliphatic carbocycles. The number of likely N-dealkylation sites (tertiary alicyclic amines) is 2. The number of amides is 3. The lowest BCUT2D eigenvalue weighted by Gasteiger charge is -2.39. The van der Waals surface area contributed by atoms with Crippen LogP contribution in [0.5, 0.6) is 0 Å². The summed E-state index contributed by atoms with van der Waals surface area (Å²) in [5.41, 5.74) is 0. The fourth-order valence-electron chi connectivity index (χ4n) is 5.69. The molecule has 0 N–H and O–H groups in total. The topological polar surface area (TPSA) is 64.2 Å². The zero-order chi connectivity index (χ0) is 20.9. The highest BCUT2D eigenvalue weighted by Crippen LogP contribution is 2.26. The molecule has 7 heteroatoms. The minimum Gasteiger partial charge on any atom is -0.343 e. The largest absolute Gasteiger partial charge is 0.343 e. The summed E-state index contributed by atoms with van der Waals surface area (Å²) < 4.78 is 0. The first-order valence-electron chi connectivity index (χ1n) is 12.2. The normalized spacial score (nSPS) is 26.8. The van der Waals surface area contributed by atoms with Crippen LogP contribution in [0.15, 0.2) is 0 Å². The minimum absolute atomic E-state index is 0.0579. The summed E-state index contributed by atoms with van der Waals surface area (Å²) in [4.78, 5) is 45.5. The summed E-state index contributed by atoms with van der Waals surface area (Å²) in [6.45, 7) is 7.61. The molecule has 4 fully saturated rings. The van der Waals surface area contributed by atoms with Gasteiger partial charge in [0.1, 0.15) is 0 Å². The van der Waals surface area contributed by atoms with Crippen molar-refractivity contribution in [2.24, 2.45) is 11.8 Å². The third-order valence-corrected chi connectivity index (χ3v) is 7.55. The van der Waals surface area contributed by atoms with Gasteiger partial charge in [0.05, 0.1) is 5.92 Å². The molecule has 1 atom stereocenters. The van der Waals surface area contributed by atoms with E-state index in [-0.39, 0.29) is 23.6 Å². The molecule has 1 saturated carbocycles. The van der Waals surface area contributed by atoms with Crippen LogP contribution in [0, 0.1) is 11.8 Å². The lowest BCUT2D eigenvalue weighted by molar-refractivity contribution is -0.144. The lowest BCUT2D eigenvalue weighted by Crippen LogP contribution is -2.53. The van der Waals surface area contributed by atoms with Crippen molar-refractivity contribution in [3.63, 3.8) is 0 Å². The van der Waals surface area contributed by atoms with Gasteiger partial charge in [-0.3, -0.25) is 19.3 Å². The second-order valence-electron chi connectivity index (χ2n) is 9.69. The first-order chi connectivity index (χ1) is 14.6. The van der Waals surface area contributed by atoms with Gasteiger partial charge in [-0.2, -0.15) is 0 Å². The Morgan fingerprint density at radius 1 is 0.800 bits per heavy atom. The predicted molar refractivity (Wildman–Crippen MR) is 115 cm³/mol. The summed E-state index contributed by atoms with van der Waals surface area (Å²) in [5, 5.41) is 0. The Kier molecular flexibility index (Phi) is 7.28. The van der Waals surface area contributed by atoms with Crippen LogP contribution < -0.4 is 0 Å². The van der Waals surface area contributed by atoms with Gasteiger partial charge in [0.25, 0.3) is 0 Å². The Labute approximate surface area is 180 Å². The molecule has 0 aromatic rings. The number of carbonyl (C=O) groups is 3. The Morgan fingerprint density at radius 3 is 2.20 bits per heavy atom. The van der Waals surface area contributed by atoms with E-state index in [1.165, 1.54) is 32.2 Å². The third-order valence-electron chi connectivity index (χ3n) is 7.55. The van der Waals surface area contributed by atoms with Gasteiger partial charge in [-0.1, -0.05) is 12.8 Å². The average molecular weight is 419 g/mol. The van der Waals surface area contributed by atoms with E-state index in [0.29, 0.717) is 32.4 Å². The zero-order valence-electron chi connectivity index (χ0n) is 18.4. The molecular formula is C23H38N4O3. The number of piperidine rings is 1. The first-order valence-corrected chi connectivity index (χ1v) is 12.2. The highest BCUT2D eigenvalue weighted by atomic mass is 16.2. The maximum Gasteiger partial charge on any atom is 0.227 e. The van der Waals surface area contributed by atoms with Crippen molar-refractivity contribution >= 4 is 17.7 Å². The predicted octanol–water partition coefficient (Wildman–Crippen LogP) is 1.57. The van der Waals surface area contributed by atoms with Crippen LogP contribution in [0.25, 0.3) is 0 Å². The zero-order valence-corrected chi connectivity index (χ0v) is 18.4. The highest BCUT2D eigenvalue weighted by molar-refractivity contribution is 5.84. The van der Waals surface area contributed by atoms with E-state index in [4.69, 9.17) is 0 Å². The summed E-state index contributed by atoms with van der Waals surface area (Å²) in [7, 11) is 0. The van der Waals surface area contributed by atoms with Crippen molar-refractivity contribution in [1.29, 1.82) is 0 Å². The van der Waals surface area contributed by atoms with E-state index < -0.39 is 0 Å². The van der Waals surface area contributed by atoms with E-state index in [0.717, 1.165) is 58.0 Å². The molecule has 168 valence electrons. The van der Waals surface area contributed by atoms with Gasteiger partial charge < -0.3 is 14.7 Å². The molecule has 0 bridgehead atoms. The molecule has 0 aromatic heterocycles. The van der Waals surface area contributed by atoms with Gasteiger partial charge in [0.15, 0.2) is 0 Å². The van der Waals surface area contributed by atoms with Crippen LogP contribution in [0.2, 0.25) is 0 Å². The molecule has 3 amide bonds. The van der Waals surface area contributed by atoms with Crippen LogP contribution in [0.4, 0.5) is 0 Å². The number of hydrogen-bond acceptors (Lipinski definition) is 4. The van der Waals surface area contributed by atoms with Crippen molar-refractivity contribution in [2.75, 3.05) is 58.9 Å². The molecule has 4 rings (SSSR count). The summed E-state index contributed by atoms with van der Waals surface area (Å²) >= 11 is 0. The van der Waals surface area contributed by atoms with E-state index in [1.54, 1.807) is 0 Å². The smallest absolute Gasteiger partial charge is 0.227 e. The van der Waals surface area contributed by atoms with E-state index in [1.807, 2.05) is 14.7 Å². The average Bonchev–Trinajstić information content (AvgIpc) is 3.41. The van der Waals surface area contributed by atoms with E-state index >= 15 is 0 Å². The summed E-state index contributed by atoms with van der Waals surface area (Å²) in [6, 6.07) is 0. The number of carbonyl (C=O) groups excluding carboxylic acids is 3. The van der Waals surface area contributed by atoms with Crippen molar-refractivity contribution in [2.45, 2.75) is 57.8 Å². The van der Waals surface area contributed by atoms with Gasteiger partial charge >= 0.3 is 0 Å². The van der Waals surface area contributed by atoms with Crippen LogP contribution >= 0.6 is 0 Å². The number of nitrogens with zero attached hydrogens (tertiary/aromatic N) is 4. The molecule has 7 nitrogen and oxygen atoms in total. The standard InChI is InChI=1S/C23H38N4O3/c28-21-7-3-10-25(21)11-4-12-27-18-20(8-9-22(27)29)23(30)26-15-13-24(14-16-26)17-19-5-1-2-6-19/h19-20H,1-18H2/t20-/m1/s1. The summed E-state index contributed by atoms with van der Waals surface area (Å²) in [6.07, 6.45) is 9.08. The molecular weight excluding hydrogens is 380 g/mol. The van der Waals surface area contributed by atoms with Gasteiger partial charge in [0.2, 0.25) is 17.7 Å². The molecule has 3 saturated heterocycles. The van der Waals surface area contributed by atoms with Gasteiger partial charge in [0, 0.05) is 71.7 Å². The maximum absolute atomic E-state index is 13.1. The van der Waals surface area contributed by atoms with Gasteiger partial charge in [-0.05, 0) is 38.0 Å². The number of rotatable bonds is 7. The Hall–Kier alpha value is -1.63. The number of hydrogen-bond donors (Lipinski definition) is 0. The van der Waals surface area contributed by atoms with Crippen molar-refractivity contribution in [3.8, 4) is 0 Å². The van der Waals surface area contributed by atoms with Crippen LogP contribution in [-0.2, 0) is 14.4 Å². The molecule has 0 aromatic carbocycles. The SMILES string of the molecule is O=C1CCCN1CCCN1C[C@H](C(=O)N2CCN(CC3CCCC3)CC2)CCC1=O. The minimum atomic E-state index is -0.0579. The second-order valence-corrected chi connectivity index (χ2v) is 9.69. The molecule has 0 unspecified atom stereocenters. The molecule has 4 aliphatic rings. The van der Waals surface area contributed by atoms with Gasteiger partial charge in [-0.25, -0.2) is 0 Å². The molecule has 3 heterocycles. The van der Waals surface area contributed by atoms with Gasteiger partial charge in [-0.15, -0.1) is 0 Å². The van der Waals surface area contributed by atoms with Crippen molar-refractivity contribution < 1.29 is 14.4 Å². The fourth-order valence-corrected chi connectivity index (χ4v) is 5.69. The molecule has 0 radical (unpaired) electrons. The van der Waals surface area contributed by atoms with Crippen molar-refractivity contribution in [3.05, 3.63) is 0 Å². The quantitative estimate of drug-likeness (QED) is 0.630. The third kappa shape index (κ3) is 5.34. The second kappa shape index (κ2) is 10.1. The number of piperazine rings is 1. The van der Waals surface area contributed by atoms with Crippen molar-refractivity contribution in [1.82, 2.24) is 19.6 Å². The summed E-state index contributed by atoms with van der Waals surface area (Å²) in [5.74, 6) is 1.44. The molecule has 0 spiro atoms. The van der Waals surface area contributed by atoms with Crippen LogP contribution in [-0.4, -0.2) is 96.2 Å². The molecule has 3 aliphatic heterocycles. The lowest BCUT2D eigenvalue weighted by atomic mass is 9.95. The monoisotopic (exact) mass is 418 g/mol. The fraction of sp³-hybridized carbons (Fsp3) is 0.870. The molecule has 30 heavy (non-hydrogen) atoms. The first kappa shape index (κ1) is 21.6. The Balaban J connectivity index is 1.20. The highest BCUT2D eigenvalue weighted by Gasteiger charge is 2.34. The Bertz CT molecular complexity index is 626. The van der Waals surface area contributed by atoms with E-state index in [2.05, 4.69) is 4.90 Å². The Morgan fingerprint density at radius 2 is 1.50 bits per heavy atom. The van der Waals surface area contributed by atoms with Crippen LogP contribution in [0.3, 0.4) is 0 Å². The van der Waals surface area contributed by atoms with Crippen LogP contribution in [0.1, 0.15) is 57.8 Å². The van der Waals surface area contributed by atoms with E-state index in [9.17, 15) is 14.4 Å².